The van der Waals surface area contributed by atoms with E-state index in [4.69, 9.17) is 4.42 Å². The number of hydrogen-bond donors (Lipinski definition) is 3. The summed E-state index contributed by atoms with van der Waals surface area (Å²) in [6.45, 7) is 5.89. The van der Waals surface area contributed by atoms with Gasteiger partial charge in [-0.05, 0) is 25.8 Å². The molecule has 3 N–H and O–H groups in total. The predicted octanol–water partition coefficient (Wildman–Crippen LogP) is 2.71. The molecule has 0 unspecified atom stereocenters. The Labute approximate surface area is 175 Å². The molecule has 0 aliphatic carbocycles. The van der Waals surface area contributed by atoms with E-state index in [0.717, 1.165) is 29.4 Å². The first-order valence-electron chi connectivity index (χ1n) is 8.34. The first-order chi connectivity index (χ1) is 12.1. The number of furan rings is 1. The number of aryl methyl sites for hydroxylation is 2. The van der Waals surface area contributed by atoms with E-state index >= 15 is 0 Å². The van der Waals surface area contributed by atoms with Crippen LogP contribution in [0.3, 0.4) is 0 Å². The molecule has 2 aromatic heterocycles. The van der Waals surface area contributed by atoms with Crippen LogP contribution in [-0.4, -0.2) is 37.0 Å². The Hall–Kier alpha value is -1.62. The van der Waals surface area contributed by atoms with Crippen LogP contribution in [-0.2, 0) is 13.0 Å². The SMILES string of the molecule is CCc1cnc(CNC(=NC)NCCCNC(=O)c2occc2C)s1.I. The van der Waals surface area contributed by atoms with Crippen LogP contribution in [0.15, 0.2) is 27.9 Å². The third-order valence-corrected chi connectivity index (χ3v) is 4.72. The molecule has 0 fully saturated rings. The molecule has 0 aliphatic rings. The van der Waals surface area contributed by atoms with Crippen molar-refractivity contribution < 1.29 is 9.21 Å². The van der Waals surface area contributed by atoms with Crippen molar-refractivity contribution in [2.45, 2.75) is 33.2 Å². The van der Waals surface area contributed by atoms with Gasteiger partial charge in [-0.3, -0.25) is 9.79 Å². The van der Waals surface area contributed by atoms with E-state index in [1.54, 1.807) is 24.5 Å². The van der Waals surface area contributed by atoms with E-state index in [1.807, 2.05) is 13.1 Å². The van der Waals surface area contributed by atoms with Crippen molar-refractivity contribution in [3.63, 3.8) is 0 Å². The number of nitrogens with zero attached hydrogens (tertiary/aromatic N) is 2. The van der Waals surface area contributed by atoms with Gasteiger partial charge in [-0.1, -0.05) is 6.92 Å². The average molecular weight is 491 g/mol. The van der Waals surface area contributed by atoms with Crippen LogP contribution in [0.5, 0.6) is 0 Å². The smallest absolute Gasteiger partial charge is 0.287 e. The Morgan fingerprint density at radius 2 is 2.08 bits per heavy atom. The molecule has 0 atom stereocenters. The Morgan fingerprint density at radius 3 is 2.69 bits per heavy atom. The first-order valence-corrected chi connectivity index (χ1v) is 9.16. The van der Waals surface area contributed by atoms with Crippen molar-refractivity contribution in [3.8, 4) is 0 Å². The summed E-state index contributed by atoms with van der Waals surface area (Å²) in [5.74, 6) is 0.919. The second-order valence-electron chi connectivity index (χ2n) is 5.47. The number of nitrogens with one attached hydrogen (secondary N) is 3. The maximum atomic E-state index is 11.9. The minimum Gasteiger partial charge on any atom is -0.459 e. The number of thiazole rings is 1. The molecule has 2 aromatic rings. The van der Waals surface area contributed by atoms with Gasteiger partial charge in [0.05, 0.1) is 12.8 Å². The lowest BCUT2D eigenvalue weighted by Crippen LogP contribution is -2.38. The van der Waals surface area contributed by atoms with Gasteiger partial charge in [-0.15, -0.1) is 35.3 Å². The lowest BCUT2D eigenvalue weighted by atomic mass is 10.2. The molecule has 0 bridgehead atoms. The van der Waals surface area contributed by atoms with Gasteiger partial charge >= 0.3 is 0 Å². The zero-order valence-electron chi connectivity index (χ0n) is 15.3. The van der Waals surface area contributed by atoms with E-state index < -0.39 is 0 Å². The molecule has 26 heavy (non-hydrogen) atoms. The fraction of sp³-hybridized carbons (Fsp3) is 0.471. The number of aliphatic imine (C=N–C) groups is 1. The highest BCUT2D eigenvalue weighted by molar-refractivity contribution is 14.0. The van der Waals surface area contributed by atoms with E-state index in [1.165, 1.54) is 11.1 Å². The molecule has 0 saturated heterocycles. The molecule has 0 aromatic carbocycles. The molecule has 0 radical (unpaired) electrons. The van der Waals surface area contributed by atoms with Crippen molar-refractivity contribution in [1.82, 2.24) is 20.9 Å². The summed E-state index contributed by atoms with van der Waals surface area (Å²) in [7, 11) is 1.73. The minimum atomic E-state index is -0.180. The monoisotopic (exact) mass is 491 g/mol. The van der Waals surface area contributed by atoms with Crippen LogP contribution in [0, 0.1) is 6.92 Å². The number of guanidine groups is 1. The molecule has 0 spiro atoms. The maximum absolute atomic E-state index is 11.9. The quantitative estimate of drug-likeness (QED) is 0.229. The molecule has 9 heteroatoms. The summed E-state index contributed by atoms with van der Waals surface area (Å²) in [6, 6.07) is 1.78. The molecular formula is C17H26IN5O2S. The summed E-state index contributed by atoms with van der Waals surface area (Å²) >= 11 is 1.71. The topological polar surface area (TPSA) is 91.5 Å². The molecule has 1 amide bonds. The van der Waals surface area contributed by atoms with Crippen LogP contribution in [0.4, 0.5) is 0 Å². The lowest BCUT2D eigenvalue weighted by Gasteiger charge is -2.11. The Kier molecular flexibility index (Phi) is 10.3. The van der Waals surface area contributed by atoms with Gasteiger partial charge in [-0.2, -0.15) is 0 Å². The van der Waals surface area contributed by atoms with Gasteiger partial charge in [0.15, 0.2) is 11.7 Å². The van der Waals surface area contributed by atoms with Gasteiger partial charge in [-0.25, -0.2) is 4.98 Å². The van der Waals surface area contributed by atoms with Crippen LogP contribution in [0.25, 0.3) is 0 Å². The Balaban J connectivity index is 0.00000338. The highest BCUT2D eigenvalue weighted by atomic mass is 127. The van der Waals surface area contributed by atoms with Gasteiger partial charge in [0.25, 0.3) is 5.91 Å². The fourth-order valence-electron chi connectivity index (χ4n) is 2.16. The third-order valence-electron chi connectivity index (χ3n) is 3.58. The van der Waals surface area contributed by atoms with Crippen molar-refractivity contribution in [2.24, 2.45) is 4.99 Å². The van der Waals surface area contributed by atoms with Crippen molar-refractivity contribution in [2.75, 3.05) is 20.1 Å². The number of halogens is 1. The first kappa shape index (κ1) is 22.4. The van der Waals surface area contributed by atoms with Gasteiger partial charge in [0.2, 0.25) is 0 Å². The summed E-state index contributed by atoms with van der Waals surface area (Å²) in [5, 5.41) is 10.3. The maximum Gasteiger partial charge on any atom is 0.287 e. The van der Waals surface area contributed by atoms with Crippen LogP contribution in [0.1, 0.15) is 39.3 Å². The van der Waals surface area contributed by atoms with Crippen LogP contribution < -0.4 is 16.0 Å². The van der Waals surface area contributed by atoms with Gasteiger partial charge < -0.3 is 20.4 Å². The zero-order chi connectivity index (χ0) is 18.1. The molecule has 144 valence electrons. The van der Waals surface area contributed by atoms with E-state index in [-0.39, 0.29) is 29.9 Å². The van der Waals surface area contributed by atoms with E-state index in [9.17, 15) is 4.79 Å². The molecule has 0 saturated carbocycles. The second kappa shape index (κ2) is 11.9. The largest absolute Gasteiger partial charge is 0.459 e. The lowest BCUT2D eigenvalue weighted by molar-refractivity contribution is 0.0925. The average Bonchev–Trinajstić information content (AvgIpc) is 3.25. The predicted molar refractivity (Wildman–Crippen MR) is 116 cm³/mol. The Morgan fingerprint density at radius 1 is 1.31 bits per heavy atom. The summed E-state index contributed by atoms with van der Waals surface area (Å²) in [6.07, 6.45) is 5.23. The third kappa shape index (κ3) is 6.94. The minimum absolute atomic E-state index is 0. The van der Waals surface area contributed by atoms with Gasteiger partial charge in [0, 0.05) is 36.8 Å². The van der Waals surface area contributed by atoms with Crippen LogP contribution in [0.2, 0.25) is 0 Å². The van der Waals surface area contributed by atoms with E-state index in [2.05, 4.69) is 32.9 Å². The number of hydrogen-bond acceptors (Lipinski definition) is 5. The summed E-state index contributed by atoms with van der Waals surface area (Å²) < 4.78 is 5.16. The number of rotatable bonds is 8. The van der Waals surface area contributed by atoms with Crippen molar-refractivity contribution >= 4 is 47.2 Å². The van der Waals surface area contributed by atoms with Gasteiger partial charge in [0.1, 0.15) is 5.01 Å². The Bertz CT molecular complexity index is 714. The number of aromatic nitrogens is 1. The second-order valence-corrected chi connectivity index (χ2v) is 6.67. The summed E-state index contributed by atoms with van der Waals surface area (Å²) in [5.41, 5.74) is 0.841. The standard InChI is InChI=1S/C17H25N5O2S.HI/c1-4-13-10-21-14(25-13)11-22-17(18-3)20-8-5-7-19-16(23)15-12(2)6-9-24-15;/h6,9-10H,4-5,7-8,11H2,1-3H3,(H,19,23)(H2,18,20,22);1H. The molecule has 2 rings (SSSR count). The van der Waals surface area contributed by atoms with Crippen LogP contribution >= 0.6 is 35.3 Å². The highest BCUT2D eigenvalue weighted by Gasteiger charge is 2.11. The van der Waals surface area contributed by atoms with Crippen molar-refractivity contribution in [1.29, 1.82) is 0 Å². The van der Waals surface area contributed by atoms with E-state index in [0.29, 0.717) is 25.4 Å². The van der Waals surface area contributed by atoms with Crippen molar-refractivity contribution in [3.05, 3.63) is 39.7 Å². The number of carbonyl (C=O) groups excluding carboxylic acids is 1. The summed E-state index contributed by atoms with van der Waals surface area (Å²) in [4.78, 5) is 21.7. The molecule has 7 nitrogen and oxygen atoms in total. The normalized spacial score (nSPS) is 11.0. The number of carbonyl (C=O) groups is 1. The molecular weight excluding hydrogens is 465 g/mol. The molecule has 0 aliphatic heterocycles. The zero-order valence-corrected chi connectivity index (χ0v) is 18.4. The fourth-order valence-corrected chi connectivity index (χ4v) is 2.96. The number of amides is 1. The molecule has 2 heterocycles. The highest BCUT2D eigenvalue weighted by Crippen LogP contribution is 2.12.